The lowest BCUT2D eigenvalue weighted by molar-refractivity contribution is -0.129. The quantitative estimate of drug-likeness (QED) is 0.545. The number of esters is 2. The van der Waals surface area contributed by atoms with Gasteiger partial charge < -0.3 is 19.3 Å². The number of aromatic nitrogens is 4. The third kappa shape index (κ3) is 7.28. The van der Waals surface area contributed by atoms with Gasteiger partial charge in [-0.3, -0.25) is 9.59 Å². The fraction of sp³-hybridized carbons (Fsp3) is 0.385. The predicted molar refractivity (Wildman–Crippen MR) is 136 cm³/mol. The Balaban J connectivity index is 0.000000211. The Hall–Kier alpha value is -4.48. The molecular formula is C26H30N6O6. The Bertz CT molecular complexity index is 1180. The van der Waals surface area contributed by atoms with Gasteiger partial charge in [-0.2, -0.15) is 0 Å². The van der Waals surface area contributed by atoms with E-state index in [4.69, 9.17) is 0 Å². The molecule has 4 heterocycles. The molecule has 0 atom stereocenters. The van der Waals surface area contributed by atoms with Crippen LogP contribution in [0.1, 0.15) is 59.3 Å². The van der Waals surface area contributed by atoms with E-state index >= 15 is 0 Å². The molecule has 0 radical (unpaired) electrons. The molecule has 2 aliphatic rings. The van der Waals surface area contributed by atoms with Gasteiger partial charge in [0.25, 0.3) is 0 Å². The molecule has 2 aromatic heterocycles. The standard InChI is InChI=1S/2C13H15N3O3/c2*1-9(17)16-7-4-10(5-8-16)12-14-6-3-11(15-12)13(18)19-2/h2*3-4,6H,5,7-8H2,1-2H3. The van der Waals surface area contributed by atoms with Gasteiger partial charge in [0.05, 0.1) is 14.2 Å². The smallest absolute Gasteiger partial charge is 0.356 e. The van der Waals surface area contributed by atoms with Gasteiger partial charge in [0, 0.05) is 52.4 Å². The summed E-state index contributed by atoms with van der Waals surface area (Å²) in [7, 11) is 2.63. The minimum absolute atomic E-state index is 0.0551. The molecule has 0 unspecified atom stereocenters. The van der Waals surface area contributed by atoms with Crippen LogP contribution in [-0.4, -0.2) is 93.9 Å². The maximum atomic E-state index is 11.4. The van der Waals surface area contributed by atoms with Gasteiger partial charge in [-0.1, -0.05) is 12.2 Å². The molecule has 0 bridgehead atoms. The maximum Gasteiger partial charge on any atom is 0.356 e. The Kier molecular flexibility index (Phi) is 9.74. The summed E-state index contributed by atoms with van der Waals surface area (Å²) in [5, 5.41) is 0. The average molecular weight is 523 g/mol. The van der Waals surface area contributed by atoms with Crippen LogP contribution in [0.15, 0.2) is 36.7 Å². The average Bonchev–Trinajstić information content (AvgIpc) is 2.96. The summed E-state index contributed by atoms with van der Waals surface area (Å²) in [5.41, 5.74) is 2.37. The zero-order valence-corrected chi connectivity index (χ0v) is 21.8. The lowest BCUT2D eigenvalue weighted by atomic mass is 10.1. The van der Waals surface area contributed by atoms with Crippen molar-refractivity contribution >= 4 is 34.9 Å². The first-order valence-electron chi connectivity index (χ1n) is 12.0. The Morgan fingerprint density at radius 3 is 1.39 bits per heavy atom. The molecule has 4 rings (SSSR count). The van der Waals surface area contributed by atoms with E-state index in [1.54, 1.807) is 23.6 Å². The largest absolute Gasteiger partial charge is 0.464 e. The Morgan fingerprint density at radius 2 is 1.11 bits per heavy atom. The summed E-state index contributed by atoms with van der Waals surface area (Å²) >= 11 is 0. The fourth-order valence-corrected chi connectivity index (χ4v) is 3.78. The molecule has 2 aromatic rings. The number of amides is 2. The Labute approximate surface area is 220 Å². The monoisotopic (exact) mass is 522 g/mol. The van der Waals surface area contributed by atoms with Crippen LogP contribution in [-0.2, 0) is 19.1 Å². The summed E-state index contributed by atoms with van der Waals surface area (Å²) in [6.45, 7) is 5.49. The van der Waals surface area contributed by atoms with E-state index in [2.05, 4.69) is 29.4 Å². The van der Waals surface area contributed by atoms with E-state index < -0.39 is 11.9 Å². The number of hydrogen-bond donors (Lipinski definition) is 0. The van der Waals surface area contributed by atoms with Crippen LogP contribution in [0.5, 0.6) is 0 Å². The van der Waals surface area contributed by atoms with Crippen molar-refractivity contribution in [3.63, 3.8) is 0 Å². The number of hydrogen-bond acceptors (Lipinski definition) is 10. The van der Waals surface area contributed by atoms with Gasteiger partial charge in [-0.15, -0.1) is 0 Å². The second-order valence-electron chi connectivity index (χ2n) is 8.40. The van der Waals surface area contributed by atoms with Crippen LogP contribution in [0.2, 0.25) is 0 Å². The minimum atomic E-state index is -0.481. The fourth-order valence-electron chi connectivity index (χ4n) is 3.78. The van der Waals surface area contributed by atoms with E-state index in [1.807, 2.05) is 12.2 Å². The van der Waals surface area contributed by atoms with Gasteiger partial charge in [-0.05, 0) is 36.1 Å². The van der Waals surface area contributed by atoms with Gasteiger partial charge in [0.2, 0.25) is 11.8 Å². The van der Waals surface area contributed by atoms with Crippen LogP contribution in [0.4, 0.5) is 0 Å². The van der Waals surface area contributed by atoms with Crippen molar-refractivity contribution in [3.8, 4) is 0 Å². The third-order valence-corrected chi connectivity index (χ3v) is 5.98. The van der Waals surface area contributed by atoms with Gasteiger partial charge in [0.15, 0.2) is 23.0 Å². The minimum Gasteiger partial charge on any atom is -0.464 e. The van der Waals surface area contributed by atoms with E-state index in [0.717, 1.165) is 11.1 Å². The second-order valence-corrected chi connectivity index (χ2v) is 8.40. The van der Waals surface area contributed by atoms with Crippen molar-refractivity contribution in [2.45, 2.75) is 26.7 Å². The molecule has 0 fully saturated rings. The zero-order valence-electron chi connectivity index (χ0n) is 21.8. The van der Waals surface area contributed by atoms with Crippen molar-refractivity contribution in [1.29, 1.82) is 0 Å². The molecule has 200 valence electrons. The van der Waals surface area contributed by atoms with E-state index in [-0.39, 0.29) is 23.2 Å². The highest BCUT2D eigenvalue weighted by Crippen LogP contribution is 2.20. The summed E-state index contributed by atoms with van der Waals surface area (Å²) in [4.78, 5) is 65.4. The van der Waals surface area contributed by atoms with Crippen molar-refractivity contribution in [3.05, 3.63) is 59.7 Å². The summed E-state index contributed by atoms with van der Waals surface area (Å²) < 4.78 is 9.25. The van der Waals surface area contributed by atoms with Crippen LogP contribution < -0.4 is 0 Å². The predicted octanol–water partition coefficient (Wildman–Crippen LogP) is 1.80. The topological polar surface area (TPSA) is 145 Å². The van der Waals surface area contributed by atoms with E-state index in [9.17, 15) is 19.2 Å². The number of carbonyl (C=O) groups excluding carboxylic acids is 4. The van der Waals surface area contributed by atoms with E-state index in [1.165, 1.54) is 38.7 Å². The van der Waals surface area contributed by atoms with Crippen molar-refractivity contribution < 1.29 is 28.7 Å². The first kappa shape index (κ1) is 28.1. The maximum absolute atomic E-state index is 11.4. The van der Waals surface area contributed by atoms with Crippen LogP contribution in [0.3, 0.4) is 0 Å². The number of ether oxygens (including phenoxy) is 2. The zero-order chi connectivity index (χ0) is 27.7. The number of methoxy groups -OCH3 is 2. The van der Waals surface area contributed by atoms with Crippen LogP contribution in [0.25, 0.3) is 11.1 Å². The van der Waals surface area contributed by atoms with Crippen LogP contribution >= 0.6 is 0 Å². The third-order valence-electron chi connectivity index (χ3n) is 5.98. The first-order chi connectivity index (χ1) is 18.2. The van der Waals surface area contributed by atoms with Gasteiger partial charge >= 0.3 is 11.9 Å². The summed E-state index contributed by atoms with van der Waals surface area (Å²) in [6.07, 6.45) is 8.27. The molecule has 12 heteroatoms. The molecule has 0 aliphatic carbocycles. The molecule has 0 saturated heterocycles. The molecule has 0 spiro atoms. The second kappa shape index (κ2) is 13.2. The van der Waals surface area contributed by atoms with Crippen LogP contribution in [0, 0.1) is 0 Å². The number of rotatable bonds is 4. The van der Waals surface area contributed by atoms with Gasteiger partial charge in [-0.25, -0.2) is 29.5 Å². The highest BCUT2D eigenvalue weighted by Gasteiger charge is 2.19. The summed E-state index contributed by atoms with van der Waals surface area (Å²) in [5.74, 6) is 0.187. The van der Waals surface area contributed by atoms with Crippen molar-refractivity contribution in [2.75, 3.05) is 40.4 Å². The van der Waals surface area contributed by atoms with Crippen molar-refractivity contribution in [2.24, 2.45) is 0 Å². The highest BCUT2D eigenvalue weighted by molar-refractivity contribution is 5.88. The number of carbonyl (C=O) groups is 4. The molecule has 38 heavy (non-hydrogen) atoms. The summed E-state index contributed by atoms with van der Waals surface area (Å²) in [6, 6.07) is 3.03. The molecule has 0 N–H and O–H groups in total. The Morgan fingerprint density at radius 1 is 0.711 bits per heavy atom. The molecule has 2 aliphatic heterocycles. The molecular weight excluding hydrogens is 492 g/mol. The molecule has 2 amide bonds. The molecule has 0 saturated carbocycles. The normalized spacial score (nSPS) is 14.8. The van der Waals surface area contributed by atoms with E-state index in [0.29, 0.717) is 50.7 Å². The molecule has 12 nitrogen and oxygen atoms in total. The highest BCUT2D eigenvalue weighted by atomic mass is 16.5. The lowest BCUT2D eigenvalue weighted by Gasteiger charge is -2.24. The lowest BCUT2D eigenvalue weighted by Crippen LogP contribution is -2.32. The number of nitrogens with zero attached hydrogens (tertiary/aromatic N) is 6. The van der Waals surface area contributed by atoms with Gasteiger partial charge in [0.1, 0.15) is 0 Å². The first-order valence-corrected chi connectivity index (χ1v) is 12.0. The molecule has 0 aromatic carbocycles. The SMILES string of the molecule is COC(=O)c1ccnc(C2=CCN(C(C)=O)CC2)n1.COC(=O)c1ccnc(C2=CCN(C(C)=O)CC2)n1. The van der Waals surface area contributed by atoms with Crippen molar-refractivity contribution in [1.82, 2.24) is 29.7 Å².